The molecule has 4 fully saturated rings. The second-order valence-electron chi connectivity index (χ2n) is 6.37. The van der Waals surface area contributed by atoms with Gasteiger partial charge < -0.3 is 0 Å². The molecular weight excluding hydrogens is 243 g/mol. The predicted octanol–water partition coefficient (Wildman–Crippen LogP) is 3.29. The van der Waals surface area contributed by atoms with Crippen LogP contribution in [0, 0.1) is 41.4 Å². The first kappa shape index (κ1) is 10.2. The lowest BCUT2D eigenvalue weighted by Gasteiger charge is -2.39. The highest BCUT2D eigenvalue weighted by Gasteiger charge is 2.65. The first-order valence-corrected chi connectivity index (χ1v) is 7.31. The van der Waals surface area contributed by atoms with Gasteiger partial charge in [0.05, 0.1) is 0 Å². The van der Waals surface area contributed by atoms with Crippen molar-refractivity contribution in [3.63, 3.8) is 0 Å². The standard InChI is InChI=1S/C13H16Cl2O/c14-10-4-6-3-9(10)12-5-1-7(11(6)12)8(2-5)13(15)16/h5-12H,1-4H2. The summed E-state index contributed by atoms with van der Waals surface area (Å²) in [5.41, 5.74) is 0. The maximum atomic E-state index is 11.4. The van der Waals surface area contributed by atoms with Gasteiger partial charge in [-0.15, -0.1) is 11.6 Å². The molecule has 8 unspecified atom stereocenters. The summed E-state index contributed by atoms with van der Waals surface area (Å²) in [5.74, 6) is 4.77. The minimum Gasteiger partial charge on any atom is -0.281 e. The Morgan fingerprint density at radius 3 is 2.31 bits per heavy atom. The Hall–Kier alpha value is 0.250. The summed E-state index contributed by atoms with van der Waals surface area (Å²) in [6, 6.07) is 0. The second-order valence-corrected chi connectivity index (χ2v) is 7.31. The minimum absolute atomic E-state index is 0.0730. The molecule has 0 spiro atoms. The van der Waals surface area contributed by atoms with Crippen molar-refractivity contribution in [1.29, 1.82) is 0 Å². The minimum atomic E-state index is -0.0730. The van der Waals surface area contributed by atoms with Crippen molar-refractivity contribution in [1.82, 2.24) is 0 Å². The van der Waals surface area contributed by atoms with E-state index in [0.29, 0.717) is 11.3 Å². The van der Waals surface area contributed by atoms with Crippen LogP contribution in [-0.4, -0.2) is 10.6 Å². The van der Waals surface area contributed by atoms with Crippen molar-refractivity contribution in [3.05, 3.63) is 0 Å². The smallest absolute Gasteiger partial charge is 0.225 e. The number of hydrogen-bond acceptors (Lipinski definition) is 1. The highest BCUT2D eigenvalue weighted by atomic mass is 35.5. The maximum Gasteiger partial charge on any atom is 0.225 e. The van der Waals surface area contributed by atoms with Crippen LogP contribution in [0.3, 0.4) is 0 Å². The van der Waals surface area contributed by atoms with Crippen molar-refractivity contribution >= 4 is 28.4 Å². The Bertz CT molecular complexity index is 356. The summed E-state index contributed by atoms with van der Waals surface area (Å²) in [5, 5.41) is 0.354. The van der Waals surface area contributed by atoms with E-state index in [2.05, 4.69) is 0 Å². The van der Waals surface area contributed by atoms with Crippen molar-refractivity contribution in [2.24, 2.45) is 41.4 Å². The fourth-order valence-corrected chi connectivity index (χ4v) is 6.53. The van der Waals surface area contributed by atoms with Gasteiger partial charge in [-0.2, -0.15) is 0 Å². The number of fused-ring (bicyclic) bond motifs is 9. The molecule has 0 N–H and O–H groups in total. The quantitative estimate of drug-likeness (QED) is 0.401. The summed E-state index contributed by atoms with van der Waals surface area (Å²) in [4.78, 5) is 11.4. The van der Waals surface area contributed by atoms with E-state index in [1.54, 1.807) is 0 Å². The lowest BCUT2D eigenvalue weighted by atomic mass is 9.67. The molecule has 8 atom stereocenters. The van der Waals surface area contributed by atoms with Crippen molar-refractivity contribution < 1.29 is 4.79 Å². The van der Waals surface area contributed by atoms with Gasteiger partial charge in [-0.05, 0) is 72.8 Å². The van der Waals surface area contributed by atoms with Crippen molar-refractivity contribution in [2.45, 2.75) is 31.1 Å². The summed E-state index contributed by atoms with van der Waals surface area (Å²) < 4.78 is 0. The number of alkyl halides is 1. The lowest BCUT2D eigenvalue weighted by Crippen LogP contribution is -2.37. The SMILES string of the molecule is O=C(Cl)C1CC2CC1C1C3CC(Cl)C(C3)C21. The first-order chi connectivity index (χ1) is 7.66. The lowest BCUT2D eigenvalue weighted by molar-refractivity contribution is -0.118. The van der Waals surface area contributed by atoms with Crippen LogP contribution in [0.5, 0.6) is 0 Å². The van der Waals surface area contributed by atoms with E-state index in [0.717, 1.165) is 36.0 Å². The van der Waals surface area contributed by atoms with Gasteiger partial charge in [-0.3, -0.25) is 4.79 Å². The largest absolute Gasteiger partial charge is 0.281 e. The Balaban J connectivity index is 1.67. The molecule has 4 rings (SSSR count). The molecule has 0 aromatic carbocycles. The molecule has 4 saturated carbocycles. The van der Waals surface area contributed by atoms with E-state index in [1.807, 2.05) is 0 Å². The summed E-state index contributed by atoms with van der Waals surface area (Å²) in [6.45, 7) is 0. The number of hydrogen-bond donors (Lipinski definition) is 0. The molecular formula is C13H16Cl2O. The molecule has 0 radical (unpaired) electrons. The van der Waals surface area contributed by atoms with Gasteiger partial charge in [0.1, 0.15) is 0 Å². The predicted molar refractivity (Wildman–Crippen MR) is 63.4 cm³/mol. The molecule has 1 nitrogen and oxygen atoms in total. The van der Waals surface area contributed by atoms with E-state index < -0.39 is 0 Å². The van der Waals surface area contributed by atoms with E-state index in [4.69, 9.17) is 23.2 Å². The third-order valence-electron chi connectivity index (χ3n) is 6.03. The van der Waals surface area contributed by atoms with Gasteiger partial charge in [-0.1, -0.05) is 0 Å². The van der Waals surface area contributed by atoms with Crippen LogP contribution in [0.4, 0.5) is 0 Å². The van der Waals surface area contributed by atoms with Crippen LogP contribution >= 0.6 is 23.2 Å². The van der Waals surface area contributed by atoms with E-state index in [-0.39, 0.29) is 11.2 Å². The average Bonchev–Trinajstić information content (AvgIpc) is 2.91. The molecule has 0 aromatic rings. The van der Waals surface area contributed by atoms with Gasteiger partial charge in [-0.25, -0.2) is 0 Å². The number of carbonyl (C=O) groups is 1. The Kier molecular flexibility index (Phi) is 2.02. The Labute approximate surface area is 106 Å². The number of halogens is 2. The molecule has 0 aliphatic heterocycles. The third-order valence-corrected chi connectivity index (χ3v) is 6.81. The highest BCUT2D eigenvalue weighted by molar-refractivity contribution is 6.64. The monoisotopic (exact) mass is 258 g/mol. The molecule has 3 heteroatoms. The molecule has 16 heavy (non-hydrogen) atoms. The zero-order valence-corrected chi connectivity index (χ0v) is 10.6. The van der Waals surface area contributed by atoms with E-state index >= 15 is 0 Å². The molecule has 88 valence electrons. The van der Waals surface area contributed by atoms with Crippen LogP contribution in [0.15, 0.2) is 0 Å². The van der Waals surface area contributed by atoms with Crippen LogP contribution in [0.25, 0.3) is 0 Å². The molecule has 0 heterocycles. The van der Waals surface area contributed by atoms with Crippen LogP contribution in [0.2, 0.25) is 0 Å². The zero-order chi connectivity index (χ0) is 11.0. The van der Waals surface area contributed by atoms with Crippen molar-refractivity contribution in [3.8, 4) is 0 Å². The van der Waals surface area contributed by atoms with E-state index in [1.165, 1.54) is 19.3 Å². The van der Waals surface area contributed by atoms with Crippen molar-refractivity contribution in [2.75, 3.05) is 0 Å². The van der Waals surface area contributed by atoms with Crippen LogP contribution in [0.1, 0.15) is 25.7 Å². The topological polar surface area (TPSA) is 17.1 Å². The zero-order valence-electron chi connectivity index (χ0n) is 9.11. The average molecular weight is 259 g/mol. The van der Waals surface area contributed by atoms with Gasteiger partial charge >= 0.3 is 0 Å². The summed E-state index contributed by atoms with van der Waals surface area (Å²) in [6.07, 6.45) is 4.84. The number of rotatable bonds is 1. The second kappa shape index (κ2) is 3.17. The fourth-order valence-electron chi connectivity index (χ4n) is 5.78. The summed E-state index contributed by atoms with van der Waals surface area (Å²) >= 11 is 12.2. The molecule has 4 aliphatic rings. The van der Waals surface area contributed by atoms with Gasteiger partial charge in [0.25, 0.3) is 0 Å². The molecule has 4 bridgehead atoms. The molecule has 0 aromatic heterocycles. The molecule has 4 aliphatic carbocycles. The van der Waals surface area contributed by atoms with Crippen LogP contribution < -0.4 is 0 Å². The highest BCUT2D eigenvalue weighted by Crippen LogP contribution is 2.69. The van der Waals surface area contributed by atoms with Crippen LogP contribution in [-0.2, 0) is 4.79 Å². The maximum absolute atomic E-state index is 11.4. The van der Waals surface area contributed by atoms with Gasteiger partial charge in [0, 0.05) is 11.3 Å². The van der Waals surface area contributed by atoms with Gasteiger partial charge in [0.15, 0.2) is 0 Å². The third kappa shape index (κ3) is 1.07. The molecule has 0 amide bonds. The fraction of sp³-hybridized carbons (Fsp3) is 0.923. The Morgan fingerprint density at radius 2 is 1.56 bits per heavy atom. The molecule has 0 saturated heterocycles. The van der Waals surface area contributed by atoms with E-state index in [9.17, 15) is 4.79 Å². The normalized spacial score (nSPS) is 61.6. The first-order valence-electron chi connectivity index (χ1n) is 6.50. The van der Waals surface area contributed by atoms with Gasteiger partial charge in [0.2, 0.25) is 5.24 Å². The Morgan fingerprint density at radius 1 is 0.938 bits per heavy atom. The summed E-state index contributed by atoms with van der Waals surface area (Å²) in [7, 11) is 0. The number of carbonyl (C=O) groups excluding carboxylic acids is 1.